The van der Waals surface area contributed by atoms with Crippen LogP contribution in [0.15, 0.2) is 24.3 Å². The highest BCUT2D eigenvalue weighted by Crippen LogP contribution is 2.41. The third-order valence-corrected chi connectivity index (χ3v) is 7.40. The van der Waals surface area contributed by atoms with Gasteiger partial charge in [-0.15, -0.1) is 0 Å². The first kappa shape index (κ1) is 15.7. The van der Waals surface area contributed by atoms with Crippen molar-refractivity contribution in [1.82, 2.24) is 9.88 Å². The first-order valence-electron chi connectivity index (χ1n) is 8.46. The predicted molar refractivity (Wildman–Crippen MR) is 93.9 cm³/mol. The Morgan fingerprint density at radius 3 is 2.79 bits per heavy atom. The molecular formula is C18H22N2O3S. The van der Waals surface area contributed by atoms with Crippen LogP contribution in [-0.2, 0) is 9.84 Å². The van der Waals surface area contributed by atoms with E-state index in [1.165, 1.54) is 0 Å². The fraction of sp³-hybridized carbons (Fsp3) is 0.500. The van der Waals surface area contributed by atoms with E-state index >= 15 is 0 Å². The number of carbonyl (C=O) groups excluding carboxylic acids is 1. The third-order valence-electron chi connectivity index (χ3n) is 5.53. The fourth-order valence-electron chi connectivity index (χ4n) is 4.40. The Kier molecular flexibility index (Phi) is 3.49. The lowest BCUT2D eigenvalue weighted by Crippen LogP contribution is -2.46. The van der Waals surface area contributed by atoms with E-state index in [0.29, 0.717) is 19.5 Å². The average molecular weight is 346 g/mol. The summed E-state index contributed by atoms with van der Waals surface area (Å²) in [4.78, 5) is 18.3. The van der Waals surface area contributed by atoms with Crippen molar-refractivity contribution in [3.8, 4) is 0 Å². The summed E-state index contributed by atoms with van der Waals surface area (Å²) in [5.74, 6) is 0.519. The summed E-state index contributed by atoms with van der Waals surface area (Å²) in [6, 6.07) is 7.83. The molecule has 4 rings (SSSR count). The highest BCUT2D eigenvalue weighted by Gasteiger charge is 2.45. The van der Waals surface area contributed by atoms with Crippen LogP contribution in [0.4, 0.5) is 0 Å². The topological polar surface area (TPSA) is 70.2 Å². The number of carbonyl (C=O) groups is 1. The number of benzene rings is 1. The Bertz CT molecular complexity index is 915. The molecule has 2 aliphatic rings. The normalized spacial score (nSPS) is 26.3. The number of para-hydroxylation sites is 1. The molecule has 1 aromatic carbocycles. The number of hydrogen-bond acceptors (Lipinski definition) is 3. The van der Waals surface area contributed by atoms with Gasteiger partial charge in [-0.2, -0.15) is 0 Å². The number of H-pyrrole nitrogens is 1. The molecule has 6 heteroatoms. The molecule has 0 radical (unpaired) electrons. The number of fused-ring (bicyclic) bond motifs is 1. The number of amides is 1. The summed E-state index contributed by atoms with van der Waals surface area (Å²) in [5.41, 5.74) is 2.34. The first-order valence-corrected chi connectivity index (χ1v) is 10.3. The zero-order valence-corrected chi connectivity index (χ0v) is 14.7. The van der Waals surface area contributed by atoms with Gasteiger partial charge in [-0.1, -0.05) is 18.2 Å². The van der Waals surface area contributed by atoms with E-state index < -0.39 is 9.84 Å². The molecule has 1 spiro atoms. The van der Waals surface area contributed by atoms with Crippen molar-refractivity contribution in [2.24, 2.45) is 5.41 Å². The molecule has 1 aromatic heterocycles. The van der Waals surface area contributed by atoms with E-state index in [1.54, 1.807) is 0 Å². The minimum absolute atomic E-state index is 0.0216. The number of aromatic amines is 1. The van der Waals surface area contributed by atoms with Crippen molar-refractivity contribution < 1.29 is 13.2 Å². The van der Waals surface area contributed by atoms with Crippen LogP contribution in [0.3, 0.4) is 0 Å². The Hall–Kier alpha value is -1.82. The van der Waals surface area contributed by atoms with Gasteiger partial charge >= 0.3 is 0 Å². The van der Waals surface area contributed by atoms with Crippen LogP contribution >= 0.6 is 0 Å². The number of rotatable bonds is 1. The van der Waals surface area contributed by atoms with Gasteiger partial charge in [-0.3, -0.25) is 4.79 Å². The van der Waals surface area contributed by atoms with Gasteiger partial charge in [0.2, 0.25) is 0 Å². The third kappa shape index (κ3) is 2.53. The van der Waals surface area contributed by atoms with E-state index in [0.717, 1.165) is 35.0 Å². The molecule has 3 heterocycles. The van der Waals surface area contributed by atoms with Crippen molar-refractivity contribution in [2.75, 3.05) is 24.6 Å². The largest absolute Gasteiger partial charge is 0.358 e. The first-order chi connectivity index (χ1) is 11.4. The second kappa shape index (κ2) is 5.34. The molecule has 0 aliphatic carbocycles. The number of nitrogens with zero attached hydrogens (tertiary/aromatic N) is 1. The van der Waals surface area contributed by atoms with Gasteiger partial charge in [0.1, 0.15) is 0 Å². The number of likely N-dealkylation sites (tertiary alicyclic amines) is 1. The molecule has 1 unspecified atom stereocenters. The van der Waals surface area contributed by atoms with Gasteiger partial charge in [0, 0.05) is 35.1 Å². The smallest absolute Gasteiger partial charge is 0.256 e. The summed E-state index contributed by atoms with van der Waals surface area (Å²) in [6.45, 7) is 3.19. The van der Waals surface area contributed by atoms with Crippen LogP contribution in [-0.4, -0.2) is 48.8 Å². The molecule has 0 saturated carbocycles. The molecule has 2 aromatic rings. The van der Waals surface area contributed by atoms with Gasteiger partial charge in [0.15, 0.2) is 9.84 Å². The molecule has 1 N–H and O–H groups in total. The Labute approximate surface area is 142 Å². The maximum Gasteiger partial charge on any atom is 0.256 e. The van der Waals surface area contributed by atoms with Gasteiger partial charge < -0.3 is 9.88 Å². The molecule has 1 atom stereocenters. The molecule has 1 amide bonds. The van der Waals surface area contributed by atoms with Gasteiger partial charge in [-0.05, 0) is 32.3 Å². The molecular weight excluding hydrogens is 324 g/mol. The van der Waals surface area contributed by atoms with E-state index in [2.05, 4.69) is 4.98 Å². The lowest BCUT2D eigenvalue weighted by atomic mass is 9.79. The molecule has 128 valence electrons. The average Bonchev–Trinajstić information content (AvgIpc) is 3.02. The fourth-order valence-corrected chi connectivity index (χ4v) is 6.60. The predicted octanol–water partition coefficient (Wildman–Crippen LogP) is 2.52. The second-order valence-electron chi connectivity index (χ2n) is 7.34. The highest BCUT2D eigenvalue weighted by atomic mass is 32.2. The number of hydrogen-bond donors (Lipinski definition) is 1. The molecule has 5 nitrogen and oxygen atoms in total. The summed E-state index contributed by atoms with van der Waals surface area (Å²) < 4.78 is 23.9. The van der Waals surface area contributed by atoms with E-state index in [9.17, 15) is 13.2 Å². The number of sulfone groups is 1. The number of nitrogens with one attached hydrogen (secondary N) is 1. The zero-order valence-electron chi connectivity index (χ0n) is 13.8. The van der Waals surface area contributed by atoms with Crippen LogP contribution in [0, 0.1) is 12.3 Å². The summed E-state index contributed by atoms with van der Waals surface area (Å²) in [5, 5.41) is 0.943. The van der Waals surface area contributed by atoms with E-state index in [-0.39, 0.29) is 22.8 Å². The Morgan fingerprint density at radius 2 is 2.04 bits per heavy atom. The van der Waals surface area contributed by atoms with Crippen molar-refractivity contribution in [3.05, 3.63) is 35.5 Å². The monoisotopic (exact) mass is 346 g/mol. The quantitative estimate of drug-likeness (QED) is 0.862. The van der Waals surface area contributed by atoms with Crippen LogP contribution in [0.5, 0.6) is 0 Å². The van der Waals surface area contributed by atoms with Crippen molar-refractivity contribution >= 4 is 26.6 Å². The second-order valence-corrected chi connectivity index (χ2v) is 9.53. The zero-order chi connectivity index (χ0) is 16.9. The highest BCUT2D eigenvalue weighted by molar-refractivity contribution is 7.91. The van der Waals surface area contributed by atoms with Gasteiger partial charge in [0.25, 0.3) is 5.91 Å². The molecule has 2 saturated heterocycles. The van der Waals surface area contributed by atoms with Crippen LogP contribution in [0.2, 0.25) is 0 Å². The molecule has 0 bridgehead atoms. The maximum atomic E-state index is 13.2. The lowest BCUT2D eigenvalue weighted by Gasteiger charge is -2.39. The molecule has 2 aliphatic heterocycles. The number of aromatic nitrogens is 1. The van der Waals surface area contributed by atoms with Crippen molar-refractivity contribution in [1.29, 1.82) is 0 Å². The Morgan fingerprint density at radius 1 is 1.25 bits per heavy atom. The van der Waals surface area contributed by atoms with Crippen molar-refractivity contribution in [2.45, 2.75) is 26.2 Å². The summed E-state index contributed by atoms with van der Waals surface area (Å²) in [6.07, 6.45) is 2.47. The number of aryl methyl sites for hydroxylation is 1. The van der Waals surface area contributed by atoms with Crippen LogP contribution in [0.1, 0.15) is 35.3 Å². The minimum atomic E-state index is -2.94. The van der Waals surface area contributed by atoms with Crippen molar-refractivity contribution in [3.63, 3.8) is 0 Å². The van der Waals surface area contributed by atoms with Crippen LogP contribution in [0.25, 0.3) is 10.9 Å². The minimum Gasteiger partial charge on any atom is -0.358 e. The summed E-state index contributed by atoms with van der Waals surface area (Å²) in [7, 11) is -2.94. The summed E-state index contributed by atoms with van der Waals surface area (Å²) >= 11 is 0. The van der Waals surface area contributed by atoms with E-state index in [1.807, 2.05) is 36.1 Å². The van der Waals surface area contributed by atoms with Crippen LogP contribution < -0.4 is 0 Å². The lowest BCUT2D eigenvalue weighted by molar-refractivity contribution is 0.0565. The van der Waals surface area contributed by atoms with E-state index in [4.69, 9.17) is 0 Å². The van der Waals surface area contributed by atoms with Gasteiger partial charge in [0.05, 0.1) is 17.1 Å². The Balaban J connectivity index is 1.66. The molecule has 24 heavy (non-hydrogen) atoms. The molecule has 2 fully saturated rings. The SMILES string of the molecule is Cc1[nH]c2ccccc2c1C(=O)N1CCCC2(CCS(=O)(=O)C2)C1. The van der Waals surface area contributed by atoms with Gasteiger partial charge in [-0.25, -0.2) is 8.42 Å². The number of piperidine rings is 1. The standard InChI is InChI=1S/C18H22N2O3S/c1-13-16(14-5-2-3-6-15(14)19-13)17(21)20-9-4-7-18(11-20)8-10-24(22,23)12-18/h2-3,5-6,19H,4,7-12H2,1H3. The maximum absolute atomic E-state index is 13.2.